The van der Waals surface area contributed by atoms with Gasteiger partial charge in [0.25, 0.3) is 0 Å². The summed E-state index contributed by atoms with van der Waals surface area (Å²) >= 11 is 0. The van der Waals surface area contributed by atoms with Crippen LogP contribution in [0.25, 0.3) is 10.9 Å². The van der Waals surface area contributed by atoms with Gasteiger partial charge in [-0.05, 0) is 30.2 Å². The molecule has 0 saturated heterocycles. The topological polar surface area (TPSA) is 48.0 Å². The maximum atomic E-state index is 12.9. The van der Waals surface area contributed by atoms with Gasteiger partial charge in [0.1, 0.15) is 11.8 Å². The van der Waals surface area contributed by atoms with Crippen molar-refractivity contribution in [2.75, 3.05) is 6.54 Å². The summed E-state index contributed by atoms with van der Waals surface area (Å²) in [6, 6.07) is 2.90. The molecule has 1 aromatic carbocycles. The number of nitrogens with one attached hydrogen (secondary N) is 2. The highest BCUT2D eigenvalue weighted by Crippen LogP contribution is 2.39. The van der Waals surface area contributed by atoms with Gasteiger partial charge in [-0.15, -0.1) is 12.4 Å². The molecule has 0 aliphatic carbocycles. The minimum Gasteiger partial charge on any atom is -0.508 e. The van der Waals surface area contributed by atoms with Crippen LogP contribution in [-0.2, 0) is 6.42 Å². The van der Waals surface area contributed by atoms with E-state index in [-0.39, 0.29) is 30.4 Å². The number of halogens is 4. The molecule has 0 saturated carbocycles. The third-order valence-corrected chi connectivity index (χ3v) is 3.26. The quantitative estimate of drug-likeness (QED) is 0.699. The van der Waals surface area contributed by atoms with E-state index in [0.29, 0.717) is 22.9 Å². The summed E-state index contributed by atoms with van der Waals surface area (Å²) < 4.78 is 38.7. The van der Waals surface area contributed by atoms with Gasteiger partial charge in [0.2, 0.25) is 0 Å². The molecule has 2 heterocycles. The molecule has 7 heteroatoms. The number of rotatable bonds is 0. The number of alkyl halides is 3. The fraction of sp³-hybridized carbons (Fsp3) is 0.333. The van der Waals surface area contributed by atoms with Crippen LogP contribution in [0, 0.1) is 0 Å². The molecule has 2 aromatic rings. The zero-order chi connectivity index (χ0) is 12.9. The Kier molecular flexibility index (Phi) is 3.40. The van der Waals surface area contributed by atoms with Crippen molar-refractivity contribution in [3.05, 3.63) is 29.5 Å². The fourth-order valence-corrected chi connectivity index (χ4v) is 2.50. The molecule has 1 aliphatic rings. The maximum absolute atomic E-state index is 12.9. The highest BCUT2D eigenvalue weighted by molar-refractivity contribution is 5.86. The standard InChI is InChI=1S/C12H11F3N2O.ClH/c13-12(14,15)11-10-7(3-4-16-11)8-5-6(18)1-2-9(8)17-10;/h1-2,5,11,16-18H,3-4H2;1H. The summed E-state index contributed by atoms with van der Waals surface area (Å²) in [5.74, 6) is 0.0615. The smallest absolute Gasteiger partial charge is 0.409 e. The van der Waals surface area contributed by atoms with E-state index in [1.807, 2.05) is 0 Å². The lowest BCUT2D eigenvalue weighted by Crippen LogP contribution is -2.39. The van der Waals surface area contributed by atoms with Crippen LogP contribution in [0.5, 0.6) is 5.75 Å². The summed E-state index contributed by atoms with van der Waals surface area (Å²) in [5, 5.41) is 12.6. The molecule has 0 amide bonds. The third-order valence-electron chi connectivity index (χ3n) is 3.26. The van der Waals surface area contributed by atoms with E-state index in [4.69, 9.17) is 0 Å². The summed E-state index contributed by atoms with van der Waals surface area (Å²) in [5.41, 5.74) is 1.42. The Morgan fingerprint density at radius 3 is 2.68 bits per heavy atom. The van der Waals surface area contributed by atoms with Crippen LogP contribution in [0.4, 0.5) is 13.2 Å². The zero-order valence-electron chi connectivity index (χ0n) is 9.71. The minimum atomic E-state index is -4.32. The van der Waals surface area contributed by atoms with E-state index >= 15 is 0 Å². The number of hydrogen-bond acceptors (Lipinski definition) is 2. The third kappa shape index (κ3) is 2.26. The van der Waals surface area contributed by atoms with Crippen LogP contribution in [0.1, 0.15) is 17.3 Å². The lowest BCUT2D eigenvalue weighted by Gasteiger charge is -2.26. The van der Waals surface area contributed by atoms with Gasteiger partial charge in [0.05, 0.1) is 0 Å². The number of fused-ring (bicyclic) bond motifs is 3. The SMILES string of the molecule is Cl.Oc1ccc2[nH]c3c(c2c1)CCNC3C(F)(F)F. The van der Waals surface area contributed by atoms with Crippen LogP contribution in [0.2, 0.25) is 0 Å². The predicted octanol–water partition coefficient (Wildman–Crippen LogP) is 3.04. The molecule has 1 unspecified atom stereocenters. The van der Waals surface area contributed by atoms with Gasteiger partial charge in [0, 0.05) is 23.1 Å². The zero-order valence-corrected chi connectivity index (χ0v) is 10.5. The highest BCUT2D eigenvalue weighted by Gasteiger charge is 2.44. The monoisotopic (exact) mass is 292 g/mol. The number of phenols is 1. The van der Waals surface area contributed by atoms with Crippen molar-refractivity contribution >= 4 is 23.3 Å². The van der Waals surface area contributed by atoms with E-state index in [0.717, 1.165) is 0 Å². The molecule has 3 rings (SSSR count). The average molecular weight is 293 g/mol. The number of phenolic OH excluding ortho intramolecular Hbond substituents is 1. The minimum absolute atomic E-state index is 0. The summed E-state index contributed by atoms with van der Waals surface area (Å²) in [6.07, 6.45) is -3.80. The molecule has 3 N–H and O–H groups in total. The van der Waals surface area contributed by atoms with Gasteiger partial charge < -0.3 is 15.4 Å². The van der Waals surface area contributed by atoms with Crippen molar-refractivity contribution in [3.8, 4) is 5.75 Å². The first-order valence-electron chi connectivity index (χ1n) is 5.60. The number of hydrogen-bond donors (Lipinski definition) is 3. The first-order chi connectivity index (χ1) is 8.47. The van der Waals surface area contributed by atoms with Gasteiger partial charge in [-0.1, -0.05) is 0 Å². The first kappa shape index (κ1) is 14.0. The Bertz CT molecular complexity index is 609. The molecule has 0 radical (unpaired) electrons. The molecule has 1 aliphatic heterocycles. The molecule has 19 heavy (non-hydrogen) atoms. The lowest BCUT2D eigenvalue weighted by atomic mass is 9.99. The maximum Gasteiger partial charge on any atom is 0.409 e. The fourth-order valence-electron chi connectivity index (χ4n) is 2.50. The van der Waals surface area contributed by atoms with E-state index < -0.39 is 12.2 Å². The van der Waals surface area contributed by atoms with Gasteiger partial charge in [-0.25, -0.2) is 0 Å². The predicted molar refractivity (Wildman–Crippen MR) is 67.7 cm³/mol. The Labute approximate surface area is 113 Å². The van der Waals surface area contributed by atoms with Crippen LogP contribution in [0.15, 0.2) is 18.2 Å². The van der Waals surface area contributed by atoms with Crippen LogP contribution in [0.3, 0.4) is 0 Å². The van der Waals surface area contributed by atoms with Crippen molar-refractivity contribution < 1.29 is 18.3 Å². The molecule has 3 nitrogen and oxygen atoms in total. The van der Waals surface area contributed by atoms with E-state index in [2.05, 4.69) is 10.3 Å². The van der Waals surface area contributed by atoms with Crippen molar-refractivity contribution in [1.82, 2.24) is 10.3 Å². The number of aromatic hydroxyl groups is 1. The molecule has 0 bridgehead atoms. The van der Waals surface area contributed by atoms with Crippen LogP contribution in [-0.4, -0.2) is 22.8 Å². The molecule has 104 valence electrons. The Morgan fingerprint density at radius 2 is 2.00 bits per heavy atom. The molecular weight excluding hydrogens is 281 g/mol. The lowest BCUT2D eigenvalue weighted by molar-refractivity contribution is -0.159. The summed E-state index contributed by atoms with van der Waals surface area (Å²) in [4.78, 5) is 2.81. The molecule has 0 spiro atoms. The van der Waals surface area contributed by atoms with Gasteiger partial charge in [-0.3, -0.25) is 0 Å². The van der Waals surface area contributed by atoms with Crippen LogP contribution < -0.4 is 5.32 Å². The Balaban J connectivity index is 0.00000133. The molecular formula is C12H12ClF3N2O. The number of aromatic nitrogens is 1. The number of H-pyrrole nitrogens is 1. The van der Waals surface area contributed by atoms with Crippen molar-refractivity contribution in [2.45, 2.75) is 18.6 Å². The highest BCUT2D eigenvalue weighted by atomic mass is 35.5. The van der Waals surface area contributed by atoms with Gasteiger partial charge in [-0.2, -0.15) is 13.2 Å². The van der Waals surface area contributed by atoms with Crippen LogP contribution >= 0.6 is 12.4 Å². The van der Waals surface area contributed by atoms with Gasteiger partial charge in [0.15, 0.2) is 0 Å². The second-order valence-corrected chi connectivity index (χ2v) is 4.43. The second-order valence-electron chi connectivity index (χ2n) is 4.43. The van der Waals surface area contributed by atoms with Crippen molar-refractivity contribution in [2.24, 2.45) is 0 Å². The first-order valence-corrected chi connectivity index (χ1v) is 5.60. The Hall–Kier alpha value is -1.40. The Morgan fingerprint density at radius 1 is 1.26 bits per heavy atom. The largest absolute Gasteiger partial charge is 0.508 e. The summed E-state index contributed by atoms with van der Waals surface area (Å²) in [7, 11) is 0. The van der Waals surface area contributed by atoms with Gasteiger partial charge >= 0.3 is 6.18 Å². The normalized spacial score (nSPS) is 19.0. The molecule has 1 aromatic heterocycles. The number of aromatic amines is 1. The van der Waals surface area contributed by atoms with Crippen molar-refractivity contribution in [1.29, 1.82) is 0 Å². The molecule has 0 fully saturated rings. The van der Waals surface area contributed by atoms with Crippen molar-refractivity contribution in [3.63, 3.8) is 0 Å². The molecule has 1 atom stereocenters. The summed E-state index contributed by atoms with van der Waals surface area (Å²) in [6.45, 7) is 0.278. The van der Waals surface area contributed by atoms with E-state index in [1.54, 1.807) is 6.07 Å². The number of benzene rings is 1. The average Bonchev–Trinajstić information content (AvgIpc) is 2.65. The van der Waals surface area contributed by atoms with E-state index in [1.165, 1.54) is 12.1 Å². The van der Waals surface area contributed by atoms with E-state index in [9.17, 15) is 18.3 Å². The second kappa shape index (κ2) is 4.61.